The number of hydrogen-bond acceptors (Lipinski definition) is 3. The third-order valence-corrected chi connectivity index (χ3v) is 5.17. The van der Waals surface area contributed by atoms with Gasteiger partial charge in [0.05, 0.1) is 7.11 Å². The van der Waals surface area contributed by atoms with Crippen LogP contribution in [0.2, 0.25) is 0 Å². The normalized spacial score (nSPS) is 15.0. The zero-order valence-electron chi connectivity index (χ0n) is 16.4. The molecule has 5 nitrogen and oxygen atoms in total. The Labute approximate surface area is 169 Å². The number of ether oxygens (including phenoxy) is 1. The first kappa shape index (κ1) is 18.7. The molecule has 1 atom stereocenters. The van der Waals surface area contributed by atoms with E-state index in [-0.39, 0.29) is 17.9 Å². The summed E-state index contributed by atoms with van der Waals surface area (Å²) in [4.78, 5) is 27.4. The molecule has 3 aromatic carbocycles. The quantitative estimate of drug-likeness (QED) is 0.716. The first-order chi connectivity index (χ1) is 14.1. The Balaban J connectivity index is 1.48. The van der Waals surface area contributed by atoms with Crippen molar-refractivity contribution in [2.24, 2.45) is 0 Å². The van der Waals surface area contributed by atoms with Crippen LogP contribution in [0.3, 0.4) is 0 Å². The molecule has 2 amide bonds. The van der Waals surface area contributed by atoms with E-state index in [9.17, 15) is 9.59 Å². The number of hydrogen-bond donors (Lipinski definition) is 1. The minimum absolute atomic E-state index is 0.0513. The molecule has 1 unspecified atom stereocenters. The number of fused-ring (bicyclic) bond motifs is 1. The summed E-state index contributed by atoms with van der Waals surface area (Å²) in [6.45, 7) is 2.05. The second-order valence-corrected chi connectivity index (χ2v) is 7.12. The lowest BCUT2D eigenvalue weighted by Crippen LogP contribution is -2.35. The van der Waals surface area contributed by atoms with Gasteiger partial charge in [0.2, 0.25) is 0 Å². The van der Waals surface area contributed by atoms with Crippen LogP contribution in [0.4, 0.5) is 11.4 Å². The molecule has 0 radical (unpaired) electrons. The maximum absolute atomic E-state index is 13.1. The molecular formula is C24H22N2O3. The molecule has 0 saturated heterocycles. The van der Waals surface area contributed by atoms with Gasteiger partial charge in [0.1, 0.15) is 5.75 Å². The number of amides is 2. The summed E-state index contributed by atoms with van der Waals surface area (Å²) in [5.74, 6) is 0.446. The molecular weight excluding hydrogens is 364 g/mol. The number of nitrogens with zero attached hydrogens (tertiary/aromatic N) is 1. The minimum atomic E-state index is -0.228. The van der Waals surface area contributed by atoms with E-state index < -0.39 is 0 Å². The average molecular weight is 386 g/mol. The Bertz CT molecular complexity index is 1040. The highest BCUT2D eigenvalue weighted by Gasteiger charge is 2.31. The van der Waals surface area contributed by atoms with E-state index in [1.54, 1.807) is 55.6 Å². The van der Waals surface area contributed by atoms with Gasteiger partial charge in [-0.25, -0.2) is 0 Å². The number of anilines is 2. The van der Waals surface area contributed by atoms with E-state index in [0.29, 0.717) is 16.8 Å². The number of nitrogens with one attached hydrogen (secondary N) is 1. The fourth-order valence-corrected chi connectivity index (χ4v) is 3.66. The van der Waals surface area contributed by atoms with Crippen LogP contribution in [0, 0.1) is 0 Å². The SMILES string of the molecule is COc1ccc(NC(=O)c2ccc(C(=O)N3c4ccccc4CC3C)cc2)cc1. The largest absolute Gasteiger partial charge is 0.497 e. The second-order valence-electron chi connectivity index (χ2n) is 7.12. The smallest absolute Gasteiger partial charge is 0.258 e. The van der Waals surface area contributed by atoms with E-state index in [1.807, 2.05) is 23.1 Å². The standard InChI is InChI=1S/C24H22N2O3/c1-16-15-19-5-3-4-6-22(19)26(16)24(28)18-9-7-17(8-10-18)23(27)25-20-11-13-21(29-2)14-12-20/h3-14,16H,15H2,1-2H3,(H,25,27). The van der Waals surface area contributed by atoms with Crippen LogP contribution in [0.15, 0.2) is 72.8 Å². The van der Waals surface area contributed by atoms with Gasteiger partial charge < -0.3 is 15.0 Å². The summed E-state index contributed by atoms with van der Waals surface area (Å²) in [7, 11) is 1.60. The van der Waals surface area contributed by atoms with E-state index >= 15 is 0 Å². The van der Waals surface area contributed by atoms with E-state index in [0.717, 1.165) is 17.9 Å². The summed E-state index contributed by atoms with van der Waals surface area (Å²) in [5.41, 5.74) is 3.88. The molecule has 0 spiro atoms. The van der Waals surface area contributed by atoms with Crippen LogP contribution >= 0.6 is 0 Å². The maximum Gasteiger partial charge on any atom is 0.258 e. The minimum Gasteiger partial charge on any atom is -0.497 e. The molecule has 5 heteroatoms. The Morgan fingerprint density at radius 1 is 0.931 bits per heavy atom. The lowest BCUT2D eigenvalue weighted by molar-refractivity contribution is 0.0978. The molecule has 0 bridgehead atoms. The van der Waals surface area contributed by atoms with Crippen LogP contribution in [0.1, 0.15) is 33.2 Å². The first-order valence-electron chi connectivity index (χ1n) is 9.54. The third kappa shape index (κ3) is 3.72. The lowest BCUT2D eigenvalue weighted by Gasteiger charge is -2.23. The van der Waals surface area contributed by atoms with Crippen molar-refractivity contribution in [2.75, 3.05) is 17.3 Å². The third-order valence-electron chi connectivity index (χ3n) is 5.17. The van der Waals surface area contributed by atoms with Gasteiger partial charge in [-0.1, -0.05) is 18.2 Å². The van der Waals surface area contributed by atoms with Crippen LogP contribution in [-0.2, 0) is 6.42 Å². The molecule has 1 aliphatic rings. The monoisotopic (exact) mass is 386 g/mol. The summed E-state index contributed by atoms with van der Waals surface area (Å²) in [6.07, 6.45) is 0.851. The molecule has 29 heavy (non-hydrogen) atoms. The number of para-hydroxylation sites is 1. The van der Waals surface area contributed by atoms with E-state index in [1.165, 1.54) is 5.56 Å². The Kier molecular flexibility index (Phi) is 5.04. The van der Waals surface area contributed by atoms with Gasteiger partial charge in [-0.15, -0.1) is 0 Å². The molecule has 4 rings (SSSR count). The van der Waals surface area contributed by atoms with Crippen LogP contribution in [-0.4, -0.2) is 25.0 Å². The number of rotatable bonds is 4. The summed E-state index contributed by atoms with van der Waals surface area (Å²) >= 11 is 0. The van der Waals surface area contributed by atoms with Crippen molar-refractivity contribution in [3.63, 3.8) is 0 Å². The summed E-state index contributed by atoms with van der Waals surface area (Å²) in [6, 6.07) is 22.0. The van der Waals surface area contributed by atoms with Crippen molar-refractivity contribution in [3.05, 3.63) is 89.5 Å². The highest BCUT2D eigenvalue weighted by molar-refractivity contribution is 6.09. The molecule has 1 aliphatic heterocycles. The molecule has 0 saturated carbocycles. The first-order valence-corrected chi connectivity index (χ1v) is 9.54. The lowest BCUT2D eigenvalue weighted by atomic mass is 10.1. The Hall–Kier alpha value is -3.60. The fourth-order valence-electron chi connectivity index (χ4n) is 3.66. The molecule has 3 aromatic rings. The topological polar surface area (TPSA) is 58.6 Å². The Morgan fingerprint density at radius 3 is 2.28 bits per heavy atom. The van der Waals surface area contributed by atoms with Crippen LogP contribution in [0.25, 0.3) is 0 Å². The van der Waals surface area contributed by atoms with Crippen molar-refractivity contribution >= 4 is 23.2 Å². The van der Waals surface area contributed by atoms with Gasteiger partial charge in [-0.2, -0.15) is 0 Å². The number of carbonyl (C=O) groups excluding carboxylic acids is 2. The maximum atomic E-state index is 13.1. The van der Waals surface area contributed by atoms with Crippen molar-refractivity contribution in [2.45, 2.75) is 19.4 Å². The summed E-state index contributed by atoms with van der Waals surface area (Å²) < 4.78 is 5.12. The van der Waals surface area contributed by atoms with Crippen molar-refractivity contribution in [3.8, 4) is 5.75 Å². The summed E-state index contributed by atoms with van der Waals surface area (Å²) in [5, 5.41) is 2.84. The second kappa shape index (κ2) is 7.80. The number of benzene rings is 3. The highest BCUT2D eigenvalue weighted by Crippen LogP contribution is 2.33. The Morgan fingerprint density at radius 2 is 1.59 bits per heavy atom. The predicted octanol–water partition coefficient (Wildman–Crippen LogP) is 4.54. The molecule has 0 aromatic heterocycles. The molecule has 1 N–H and O–H groups in total. The average Bonchev–Trinajstić information content (AvgIpc) is 3.09. The van der Waals surface area contributed by atoms with Crippen molar-refractivity contribution in [1.29, 1.82) is 0 Å². The zero-order valence-corrected chi connectivity index (χ0v) is 16.4. The van der Waals surface area contributed by atoms with Crippen LogP contribution in [0.5, 0.6) is 5.75 Å². The molecule has 0 aliphatic carbocycles. The fraction of sp³-hybridized carbons (Fsp3) is 0.167. The molecule has 0 fully saturated rings. The zero-order chi connectivity index (χ0) is 20.4. The number of carbonyl (C=O) groups is 2. The highest BCUT2D eigenvalue weighted by atomic mass is 16.5. The van der Waals surface area contributed by atoms with E-state index in [4.69, 9.17) is 4.74 Å². The van der Waals surface area contributed by atoms with E-state index in [2.05, 4.69) is 18.3 Å². The van der Waals surface area contributed by atoms with Gasteiger partial charge in [0.15, 0.2) is 0 Å². The van der Waals surface area contributed by atoms with Gasteiger partial charge in [-0.3, -0.25) is 9.59 Å². The van der Waals surface area contributed by atoms with Gasteiger partial charge >= 0.3 is 0 Å². The van der Waals surface area contributed by atoms with Gasteiger partial charge in [0.25, 0.3) is 11.8 Å². The molecule has 146 valence electrons. The number of methoxy groups -OCH3 is 1. The van der Waals surface area contributed by atoms with Crippen molar-refractivity contribution < 1.29 is 14.3 Å². The van der Waals surface area contributed by atoms with Gasteiger partial charge in [-0.05, 0) is 73.5 Å². The van der Waals surface area contributed by atoms with Gasteiger partial charge in [0, 0.05) is 28.5 Å². The molecule has 1 heterocycles. The van der Waals surface area contributed by atoms with Crippen LogP contribution < -0.4 is 15.0 Å². The predicted molar refractivity (Wildman–Crippen MR) is 114 cm³/mol. The van der Waals surface area contributed by atoms with Crippen molar-refractivity contribution in [1.82, 2.24) is 0 Å².